The molecule has 0 heterocycles. The lowest BCUT2D eigenvalue weighted by Gasteiger charge is -2.24. The quantitative estimate of drug-likeness (QED) is 0.784. The van der Waals surface area contributed by atoms with Gasteiger partial charge in [-0.1, -0.05) is 29.8 Å². The van der Waals surface area contributed by atoms with Gasteiger partial charge in [-0.3, -0.25) is 9.59 Å². The summed E-state index contributed by atoms with van der Waals surface area (Å²) in [5.74, 6) is -1.08. The van der Waals surface area contributed by atoms with E-state index in [4.69, 9.17) is 5.11 Å². The first-order chi connectivity index (χ1) is 9.28. The summed E-state index contributed by atoms with van der Waals surface area (Å²) in [5.41, 5.74) is 1.56. The van der Waals surface area contributed by atoms with E-state index < -0.39 is 11.5 Å². The zero-order valence-corrected chi connectivity index (χ0v) is 12.1. The largest absolute Gasteiger partial charge is 0.481 e. The molecule has 1 aromatic rings. The van der Waals surface area contributed by atoms with E-state index >= 15 is 0 Å². The van der Waals surface area contributed by atoms with Crippen LogP contribution in [-0.4, -0.2) is 22.5 Å². The molecule has 1 amide bonds. The highest BCUT2D eigenvalue weighted by Crippen LogP contribution is 2.11. The van der Waals surface area contributed by atoms with Crippen molar-refractivity contribution >= 4 is 18.0 Å². The van der Waals surface area contributed by atoms with Gasteiger partial charge in [0.1, 0.15) is 0 Å². The van der Waals surface area contributed by atoms with Crippen LogP contribution in [0, 0.1) is 6.92 Å². The Hall–Kier alpha value is -2.10. The van der Waals surface area contributed by atoms with E-state index in [1.807, 2.05) is 45.0 Å². The van der Waals surface area contributed by atoms with E-state index in [1.54, 1.807) is 6.08 Å². The molecule has 1 aromatic carbocycles. The number of carboxylic acid groups (broad SMARTS) is 1. The minimum atomic E-state index is -0.859. The van der Waals surface area contributed by atoms with Gasteiger partial charge in [0, 0.05) is 18.0 Å². The summed E-state index contributed by atoms with van der Waals surface area (Å²) >= 11 is 0. The van der Waals surface area contributed by atoms with Crippen LogP contribution in [-0.2, 0) is 9.59 Å². The van der Waals surface area contributed by atoms with Gasteiger partial charge in [0.2, 0.25) is 5.91 Å². The molecule has 0 atom stereocenters. The van der Waals surface area contributed by atoms with Gasteiger partial charge in [-0.05, 0) is 38.8 Å². The molecule has 0 aliphatic carbocycles. The Morgan fingerprint density at radius 2 is 2.05 bits per heavy atom. The Morgan fingerprint density at radius 1 is 1.35 bits per heavy atom. The van der Waals surface area contributed by atoms with Crippen LogP contribution < -0.4 is 5.32 Å². The Kier molecular flexibility index (Phi) is 5.50. The molecule has 0 aliphatic heterocycles. The molecule has 0 unspecified atom stereocenters. The first-order valence-electron chi connectivity index (χ1n) is 6.57. The Bertz CT molecular complexity index is 518. The highest BCUT2D eigenvalue weighted by Gasteiger charge is 2.20. The molecule has 0 saturated carbocycles. The van der Waals surface area contributed by atoms with E-state index in [1.165, 1.54) is 6.08 Å². The third-order valence-electron chi connectivity index (χ3n) is 2.89. The van der Waals surface area contributed by atoms with Gasteiger partial charge < -0.3 is 10.4 Å². The summed E-state index contributed by atoms with van der Waals surface area (Å²) < 4.78 is 0. The zero-order valence-electron chi connectivity index (χ0n) is 12.1. The van der Waals surface area contributed by atoms with Crippen LogP contribution in [0.1, 0.15) is 37.8 Å². The number of aliphatic carboxylic acids is 1. The third kappa shape index (κ3) is 6.18. The topological polar surface area (TPSA) is 66.4 Å². The normalized spacial score (nSPS) is 11.6. The SMILES string of the molecule is Cc1cccc(C=CC(=O)NC(C)(C)CCC(=O)O)c1. The third-order valence-corrected chi connectivity index (χ3v) is 2.89. The van der Waals surface area contributed by atoms with Gasteiger partial charge in [-0.25, -0.2) is 0 Å². The summed E-state index contributed by atoms with van der Waals surface area (Å²) in [7, 11) is 0. The Balaban J connectivity index is 2.56. The van der Waals surface area contributed by atoms with Crippen LogP contribution in [0.5, 0.6) is 0 Å². The minimum absolute atomic E-state index is 0.0366. The molecule has 0 saturated heterocycles. The van der Waals surface area contributed by atoms with Gasteiger partial charge in [0.25, 0.3) is 0 Å². The van der Waals surface area contributed by atoms with Gasteiger partial charge in [-0.15, -0.1) is 0 Å². The fraction of sp³-hybridized carbons (Fsp3) is 0.375. The van der Waals surface area contributed by atoms with Crippen molar-refractivity contribution in [2.45, 2.75) is 39.2 Å². The second-order valence-electron chi connectivity index (χ2n) is 5.51. The van der Waals surface area contributed by atoms with Crippen LogP contribution in [0.4, 0.5) is 0 Å². The van der Waals surface area contributed by atoms with E-state index in [2.05, 4.69) is 5.32 Å². The second-order valence-corrected chi connectivity index (χ2v) is 5.51. The number of aryl methyl sites for hydroxylation is 1. The van der Waals surface area contributed by atoms with Crippen LogP contribution in [0.15, 0.2) is 30.3 Å². The van der Waals surface area contributed by atoms with Gasteiger partial charge >= 0.3 is 5.97 Å². The van der Waals surface area contributed by atoms with Gasteiger partial charge in [0.05, 0.1) is 0 Å². The van der Waals surface area contributed by atoms with Crippen LogP contribution in [0.2, 0.25) is 0 Å². The van der Waals surface area contributed by atoms with Gasteiger partial charge in [0.15, 0.2) is 0 Å². The molecule has 0 radical (unpaired) electrons. The molecule has 0 aromatic heterocycles. The van der Waals surface area contributed by atoms with Crippen molar-refractivity contribution in [1.29, 1.82) is 0 Å². The molecule has 0 bridgehead atoms. The van der Waals surface area contributed by atoms with Crippen molar-refractivity contribution < 1.29 is 14.7 Å². The highest BCUT2D eigenvalue weighted by molar-refractivity contribution is 5.92. The summed E-state index contributed by atoms with van der Waals surface area (Å²) in [5, 5.41) is 11.5. The summed E-state index contributed by atoms with van der Waals surface area (Å²) in [6.45, 7) is 5.62. The number of carbonyl (C=O) groups excluding carboxylic acids is 1. The van der Waals surface area contributed by atoms with Crippen molar-refractivity contribution in [3.63, 3.8) is 0 Å². The monoisotopic (exact) mass is 275 g/mol. The lowest BCUT2D eigenvalue weighted by molar-refractivity contribution is -0.137. The minimum Gasteiger partial charge on any atom is -0.481 e. The molecule has 0 fully saturated rings. The number of rotatable bonds is 6. The predicted octanol–water partition coefficient (Wildman–Crippen LogP) is 2.77. The van der Waals surface area contributed by atoms with Gasteiger partial charge in [-0.2, -0.15) is 0 Å². The Labute approximate surface area is 119 Å². The highest BCUT2D eigenvalue weighted by atomic mass is 16.4. The number of hydrogen-bond acceptors (Lipinski definition) is 2. The van der Waals surface area contributed by atoms with Crippen molar-refractivity contribution in [1.82, 2.24) is 5.32 Å². The lowest BCUT2D eigenvalue weighted by Crippen LogP contribution is -2.42. The molecule has 4 heteroatoms. The van der Waals surface area contributed by atoms with E-state index in [0.717, 1.165) is 11.1 Å². The van der Waals surface area contributed by atoms with Crippen molar-refractivity contribution in [2.75, 3.05) is 0 Å². The predicted molar refractivity (Wildman–Crippen MR) is 79.3 cm³/mol. The molecule has 2 N–H and O–H groups in total. The fourth-order valence-electron chi connectivity index (χ4n) is 1.80. The number of amides is 1. The van der Waals surface area contributed by atoms with Crippen LogP contribution in [0.3, 0.4) is 0 Å². The second kappa shape index (κ2) is 6.89. The van der Waals surface area contributed by atoms with E-state index in [0.29, 0.717) is 6.42 Å². The van der Waals surface area contributed by atoms with Crippen molar-refractivity contribution in [3.05, 3.63) is 41.5 Å². The number of hydrogen-bond donors (Lipinski definition) is 2. The Morgan fingerprint density at radius 3 is 2.65 bits per heavy atom. The van der Waals surface area contributed by atoms with Crippen molar-refractivity contribution in [2.24, 2.45) is 0 Å². The van der Waals surface area contributed by atoms with E-state index in [-0.39, 0.29) is 12.3 Å². The maximum absolute atomic E-state index is 11.8. The molecule has 20 heavy (non-hydrogen) atoms. The van der Waals surface area contributed by atoms with Crippen molar-refractivity contribution in [3.8, 4) is 0 Å². The summed E-state index contributed by atoms with van der Waals surface area (Å²) in [4.78, 5) is 22.4. The number of nitrogens with one attached hydrogen (secondary N) is 1. The maximum Gasteiger partial charge on any atom is 0.303 e. The molecular weight excluding hydrogens is 254 g/mol. The zero-order chi connectivity index (χ0) is 15.2. The molecule has 0 spiro atoms. The number of carboxylic acids is 1. The number of benzene rings is 1. The first kappa shape index (κ1) is 16.0. The van der Waals surface area contributed by atoms with Crippen LogP contribution in [0.25, 0.3) is 6.08 Å². The lowest BCUT2D eigenvalue weighted by atomic mass is 9.98. The maximum atomic E-state index is 11.8. The summed E-state index contributed by atoms with van der Waals surface area (Å²) in [6.07, 6.45) is 3.65. The summed E-state index contributed by atoms with van der Waals surface area (Å²) in [6, 6.07) is 7.84. The molecule has 4 nitrogen and oxygen atoms in total. The average Bonchev–Trinajstić information content (AvgIpc) is 2.34. The molecule has 1 rings (SSSR count). The van der Waals surface area contributed by atoms with E-state index in [9.17, 15) is 9.59 Å². The van der Waals surface area contributed by atoms with Crippen LogP contribution >= 0.6 is 0 Å². The molecular formula is C16H21NO3. The fourth-order valence-corrected chi connectivity index (χ4v) is 1.80. The first-order valence-corrected chi connectivity index (χ1v) is 6.57. The smallest absolute Gasteiger partial charge is 0.303 e. The molecule has 0 aliphatic rings. The standard InChI is InChI=1S/C16H21NO3/c1-12-5-4-6-13(11-12)7-8-14(18)17-16(2,3)10-9-15(19)20/h4-8,11H,9-10H2,1-3H3,(H,17,18)(H,19,20). The number of carbonyl (C=O) groups is 2. The average molecular weight is 275 g/mol. The molecule has 108 valence electrons.